The van der Waals surface area contributed by atoms with Gasteiger partial charge in [-0.1, -0.05) is 51.8 Å². The standard InChI is InChI=1S/C27H25BrN4OS/c1-18-9-10-19(2)24(17-18)25-15-16-27(31(29-25)22-7-5-4-6-8-22)32(30-26(34-27)20(3)33)23-13-11-21(28)12-14-23/h4-14,17H,15-16H2,1-3H3/t27-/m1/s1. The lowest BCUT2D eigenvalue weighted by Gasteiger charge is -2.46. The summed E-state index contributed by atoms with van der Waals surface area (Å²) in [5.41, 5.74) is 6.50. The van der Waals surface area contributed by atoms with Crippen molar-refractivity contribution in [1.29, 1.82) is 0 Å². The van der Waals surface area contributed by atoms with Gasteiger partial charge in [-0.2, -0.15) is 10.2 Å². The lowest BCUT2D eigenvalue weighted by Crippen LogP contribution is -2.56. The average molecular weight is 533 g/mol. The molecule has 1 atom stereocenters. The first-order chi connectivity index (χ1) is 16.4. The topological polar surface area (TPSA) is 48.3 Å². The number of hydrogen-bond donors (Lipinski definition) is 0. The fraction of sp³-hybridized carbons (Fsp3) is 0.222. The molecule has 172 valence electrons. The first kappa shape index (κ1) is 22.9. The number of para-hydroxylation sites is 1. The molecule has 5 rings (SSSR count). The lowest BCUT2D eigenvalue weighted by atomic mass is 9.96. The van der Waals surface area contributed by atoms with Gasteiger partial charge in [0, 0.05) is 23.4 Å². The van der Waals surface area contributed by atoms with E-state index in [1.54, 1.807) is 6.92 Å². The van der Waals surface area contributed by atoms with E-state index in [2.05, 4.69) is 65.1 Å². The second-order valence-corrected chi connectivity index (χ2v) is 10.8. The molecule has 0 bridgehead atoms. The quantitative estimate of drug-likeness (QED) is 0.367. The normalized spacial score (nSPS) is 19.9. The minimum atomic E-state index is -0.683. The highest BCUT2D eigenvalue weighted by molar-refractivity contribution is 9.10. The molecule has 0 amide bonds. The van der Waals surface area contributed by atoms with Crippen molar-refractivity contribution in [2.24, 2.45) is 10.2 Å². The molecule has 5 nitrogen and oxygen atoms in total. The van der Waals surface area contributed by atoms with Gasteiger partial charge in [-0.25, -0.2) is 10.0 Å². The Morgan fingerprint density at radius 1 is 0.941 bits per heavy atom. The minimum absolute atomic E-state index is 0.0405. The summed E-state index contributed by atoms with van der Waals surface area (Å²) in [6.45, 7) is 5.81. The molecule has 3 aromatic rings. The van der Waals surface area contributed by atoms with Crippen LogP contribution >= 0.6 is 27.7 Å². The Kier molecular flexibility index (Phi) is 6.08. The molecule has 0 N–H and O–H groups in total. The molecule has 0 aromatic heterocycles. The van der Waals surface area contributed by atoms with Gasteiger partial charge < -0.3 is 0 Å². The van der Waals surface area contributed by atoms with Crippen molar-refractivity contribution in [3.05, 3.63) is 94.0 Å². The summed E-state index contributed by atoms with van der Waals surface area (Å²) in [4.78, 5) is 11.8. The fourth-order valence-corrected chi connectivity index (χ4v) is 5.87. The van der Waals surface area contributed by atoms with Crippen LogP contribution in [0.1, 0.15) is 36.5 Å². The monoisotopic (exact) mass is 532 g/mol. The molecule has 0 fully saturated rings. The van der Waals surface area contributed by atoms with Gasteiger partial charge in [0.05, 0.1) is 17.1 Å². The van der Waals surface area contributed by atoms with Gasteiger partial charge in [0.25, 0.3) is 0 Å². The number of hydrogen-bond acceptors (Lipinski definition) is 6. The van der Waals surface area contributed by atoms with Gasteiger partial charge in [0.15, 0.2) is 10.8 Å². The van der Waals surface area contributed by atoms with Crippen molar-refractivity contribution in [2.45, 2.75) is 38.6 Å². The van der Waals surface area contributed by atoms with E-state index in [1.165, 1.54) is 28.5 Å². The number of rotatable bonds is 4. The second-order valence-electron chi connectivity index (χ2n) is 8.61. The van der Waals surface area contributed by atoms with Crippen LogP contribution in [0.4, 0.5) is 11.4 Å². The first-order valence-corrected chi connectivity index (χ1v) is 12.8. The van der Waals surface area contributed by atoms with E-state index in [1.807, 2.05) is 47.5 Å². The Labute approximate surface area is 212 Å². The van der Waals surface area contributed by atoms with Gasteiger partial charge in [0.1, 0.15) is 0 Å². The van der Waals surface area contributed by atoms with Crippen LogP contribution in [0.15, 0.2) is 87.5 Å². The summed E-state index contributed by atoms with van der Waals surface area (Å²) < 4.78 is 0.992. The number of halogens is 1. The Morgan fingerprint density at radius 2 is 1.62 bits per heavy atom. The third kappa shape index (κ3) is 4.07. The van der Waals surface area contributed by atoms with Crippen molar-refractivity contribution in [2.75, 3.05) is 10.0 Å². The summed E-state index contributed by atoms with van der Waals surface area (Å²) in [5.74, 6) is -0.0405. The van der Waals surface area contributed by atoms with E-state index in [0.29, 0.717) is 5.04 Å². The van der Waals surface area contributed by atoms with Gasteiger partial charge in [-0.3, -0.25) is 4.79 Å². The maximum Gasteiger partial charge on any atom is 0.208 e. The number of hydrazone groups is 2. The van der Waals surface area contributed by atoms with E-state index in [0.717, 1.165) is 34.4 Å². The van der Waals surface area contributed by atoms with Gasteiger partial charge in [0.2, 0.25) is 4.99 Å². The number of Topliss-reactive ketones (excluding diaryl/α,β-unsaturated/α-hetero) is 1. The number of benzene rings is 3. The third-order valence-corrected chi connectivity index (χ3v) is 8.07. The average Bonchev–Trinajstić information content (AvgIpc) is 3.22. The number of carbonyl (C=O) groups is 1. The molecular formula is C27H25BrN4OS. The summed E-state index contributed by atoms with van der Waals surface area (Å²) in [5, 5.41) is 14.6. The first-order valence-electron chi connectivity index (χ1n) is 11.2. The van der Waals surface area contributed by atoms with E-state index in [4.69, 9.17) is 10.2 Å². The van der Waals surface area contributed by atoms with Crippen LogP contribution in [-0.4, -0.2) is 21.5 Å². The van der Waals surface area contributed by atoms with Crippen LogP contribution in [0, 0.1) is 13.8 Å². The molecular weight excluding hydrogens is 508 g/mol. The third-order valence-electron chi connectivity index (χ3n) is 6.10. The molecule has 2 aliphatic heterocycles. The number of ketones is 1. The number of carbonyl (C=O) groups excluding carboxylic acids is 1. The molecule has 0 saturated carbocycles. The Balaban J connectivity index is 1.68. The van der Waals surface area contributed by atoms with Crippen molar-refractivity contribution in [3.8, 4) is 0 Å². The van der Waals surface area contributed by atoms with Gasteiger partial charge in [-0.15, -0.1) is 0 Å². The largest absolute Gasteiger partial charge is 0.292 e. The second kappa shape index (κ2) is 9.04. The molecule has 0 unspecified atom stereocenters. The fourth-order valence-electron chi connectivity index (χ4n) is 4.36. The number of thioether (sulfide) groups is 1. The van der Waals surface area contributed by atoms with Crippen LogP contribution in [0.5, 0.6) is 0 Å². The smallest absolute Gasteiger partial charge is 0.208 e. The Bertz CT molecular complexity index is 1310. The highest BCUT2D eigenvalue weighted by atomic mass is 79.9. The van der Waals surface area contributed by atoms with Gasteiger partial charge >= 0.3 is 0 Å². The molecule has 1 spiro atoms. The Hall–Kier alpha value is -2.90. The molecule has 7 heteroatoms. The molecule has 0 saturated heterocycles. The van der Waals surface area contributed by atoms with Crippen molar-refractivity contribution in [1.82, 2.24) is 0 Å². The van der Waals surface area contributed by atoms with Crippen LogP contribution in [0.3, 0.4) is 0 Å². The Morgan fingerprint density at radius 3 is 2.32 bits per heavy atom. The van der Waals surface area contributed by atoms with Crippen LogP contribution in [0.25, 0.3) is 0 Å². The molecule has 34 heavy (non-hydrogen) atoms. The van der Waals surface area contributed by atoms with E-state index < -0.39 is 4.99 Å². The highest BCUT2D eigenvalue weighted by Crippen LogP contribution is 2.50. The van der Waals surface area contributed by atoms with Crippen molar-refractivity contribution in [3.63, 3.8) is 0 Å². The number of anilines is 2. The summed E-state index contributed by atoms with van der Waals surface area (Å²) in [7, 11) is 0. The maximum absolute atomic E-state index is 12.5. The SMILES string of the molecule is CC(=O)C1=NN(c2ccc(Br)cc2)[C@]2(CCC(c3cc(C)ccc3C)=NN2c2ccccc2)S1. The van der Waals surface area contributed by atoms with Gasteiger partial charge in [-0.05, 0) is 80.1 Å². The van der Waals surface area contributed by atoms with E-state index >= 15 is 0 Å². The zero-order valence-electron chi connectivity index (χ0n) is 19.3. The van der Waals surface area contributed by atoms with Crippen LogP contribution < -0.4 is 10.0 Å². The van der Waals surface area contributed by atoms with Crippen molar-refractivity contribution >= 4 is 55.6 Å². The van der Waals surface area contributed by atoms with Crippen molar-refractivity contribution < 1.29 is 4.79 Å². The molecule has 0 aliphatic carbocycles. The predicted octanol–water partition coefficient (Wildman–Crippen LogP) is 6.88. The van der Waals surface area contributed by atoms with E-state index in [9.17, 15) is 4.79 Å². The van der Waals surface area contributed by atoms with E-state index in [-0.39, 0.29) is 5.78 Å². The lowest BCUT2D eigenvalue weighted by molar-refractivity contribution is -0.110. The number of aryl methyl sites for hydroxylation is 2. The van der Waals surface area contributed by atoms with Crippen LogP contribution in [-0.2, 0) is 4.79 Å². The predicted molar refractivity (Wildman–Crippen MR) is 146 cm³/mol. The highest BCUT2D eigenvalue weighted by Gasteiger charge is 2.52. The summed E-state index contributed by atoms with van der Waals surface area (Å²) >= 11 is 5.02. The molecule has 2 heterocycles. The minimum Gasteiger partial charge on any atom is -0.292 e. The zero-order valence-corrected chi connectivity index (χ0v) is 21.7. The molecule has 0 radical (unpaired) electrons. The van der Waals surface area contributed by atoms with Crippen LogP contribution in [0.2, 0.25) is 0 Å². The zero-order chi connectivity index (χ0) is 23.9. The number of nitrogens with zero attached hydrogens (tertiary/aromatic N) is 4. The maximum atomic E-state index is 12.5. The molecule has 3 aromatic carbocycles. The summed E-state index contributed by atoms with van der Waals surface area (Å²) in [6.07, 6.45) is 1.52. The molecule has 2 aliphatic rings. The summed E-state index contributed by atoms with van der Waals surface area (Å²) in [6, 6.07) is 24.7.